The lowest BCUT2D eigenvalue weighted by molar-refractivity contribution is 0.261. The summed E-state index contributed by atoms with van der Waals surface area (Å²) in [6, 6.07) is 15.9. The molecule has 1 aliphatic carbocycles. The van der Waals surface area contributed by atoms with Crippen molar-refractivity contribution in [3.05, 3.63) is 59.9 Å². The van der Waals surface area contributed by atoms with E-state index in [-0.39, 0.29) is 5.41 Å². The molecule has 1 fully saturated rings. The maximum atomic E-state index is 9.44. The Morgan fingerprint density at radius 1 is 1.04 bits per heavy atom. The van der Waals surface area contributed by atoms with Crippen LogP contribution < -0.4 is 5.32 Å². The van der Waals surface area contributed by atoms with E-state index in [4.69, 9.17) is 4.98 Å². The molecule has 0 aliphatic heterocycles. The highest BCUT2D eigenvalue weighted by Crippen LogP contribution is 2.39. The number of hydrogen-bond acceptors (Lipinski definition) is 3. The maximum Gasteiger partial charge on any atom is 0.117 e. The van der Waals surface area contributed by atoms with Crippen molar-refractivity contribution in [2.75, 3.05) is 6.54 Å². The number of rotatable bonds is 5. The highest BCUT2D eigenvalue weighted by atomic mass is 16.3. The molecule has 1 saturated carbocycles. The Kier molecular flexibility index (Phi) is 4.68. The zero-order valence-corrected chi connectivity index (χ0v) is 15.4. The molecular formula is C22H27N3O. The highest BCUT2D eigenvalue weighted by molar-refractivity contribution is 5.76. The van der Waals surface area contributed by atoms with E-state index in [0.717, 1.165) is 18.6 Å². The molecule has 0 saturated heterocycles. The number of para-hydroxylation sites is 2. The first kappa shape index (κ1) is 17.1. The van der Waals surface area contributed by atoms with Crippen LogP contribution in [-0.2, 0) is 19.0 Å². The van der Waals surface area contributed by atoms with Gasteiger partial charge in [-0.25, -0.2) is 4.98 Å². The van der Waals surface area contributed by atoms with Crippen LogP contribution in [0.3, 0.4) is 0 Å². The third kappa shape index (κ3) is 3.21. The van der Waals surface area contributed by atoms with Gasteiger partial charge in [0.25, 0.3) is 0 Å². The molecule has 4 heteroatoms. The number of fused-ring (bicyclic) bond motifs is 1. The summed E-state index contributed by atoms with van der Waals surface area (Å²) in [5.74, 6) is 1.54. The first-order valence-corrected chi connectivity index (χ1v) is 9.59. The summed E-state index contributed by atoms with van der Waals surface area (Å²) in [6.07, 6.45) is 6.23. The van der Waals surface area contributed by atoms with E-state index in [1.54, 1.807) is 12.1 Å². The predicted molar refractivity (Wildman–Crippen MR) is 105 cm³/mol. The van der Waals surface area contributed by atoms with Crippen LogP contribution in [-0.4, -0.2) is 21.2 Å². The normalized spacial score (nSPS) is 16.8. The molecule has 0 amide bonds. The number of aromatic nitrogens is 2. The van der Waals surface area contributed by atoms with E-state index >= 15 is 0 Å². The maximum absolute atomic E-state index is 9.44. The largest absolute Gasteiger partial charge is 0.508 e. The Balaban J connectivity index is 1.58. The third-order valence-electron chi connectivity index (χ3n) is 5.80. The number of nitrogens with zero attached hydrogens (tertiary/aromatic N) is 2. The summed E-state index contributed by atoms with van der Waals surface area (Å²) in [4.78, 5) is 5.04. The first-order valence-electron chi connectivity index (χ1n) is 9.59. The van der Waals surface area contributed by atoms with Crippen LogP contribution in [0.5, 0.6) is 5.75 Å². The SMILES string of the molecule is Cn1c(C2(CNCc3ccc(O)cc3)CCCCC2)nc2ccccc21. The molecule has 4 nitrogen and oxygen atoms in total. The van der Waals surface area contributed by atoms with E-state index in [9.17, 15) is 5.11 Å². The first-order chi connectivity index (χ1) is 12.7. The Bertz CT molecular complexity index is 876. The van der Waals surface area contributed by atoms with Gasteiger partial charge in [0.1, 0.15) is 11.6 Å². The van der Waals surface area contributed by atoms with Crippen LogP contribution in [0.15, 0.2) is 48.5 Å². The molecule has 3 aromatic rings. The summed E-state index contributed by atoms with van der Waals surface area (Å²) in [5.41, 5.74) is 3.60. The number of aryl methyl sites for hydroxylation is 1. The zero-order chi connectivity index (χ0) is 18.0. The molecule has 2 aromatic carbocycles. The fourth-order valence-electron chi connectivity index (χ4n) is 4.39. The van der Waals surface area contributed by atoms with Gasteiger partial charge in [-0.05, 0) is 42.7 Å². The molecule has 136 valence electrons. The number of nitrogens with one attached hydrogen (secondary N) is 1. The topological polar surface area (TPSA) is 50.1 Å². The molecule has 2 N–H and O–H groups in total. The molecule has 4 rings (SSSR count). The van der Waals surface area contributed by atoms with E-state index in [1.165, 1.54) is 49.0 Å². The quantitative estimate of drug-likeness (QED) is 0.723. The van der Waals surface area contributed by atoms with Gasteiger partial charge >= 0.3 is 0 Å². The lowest BCUT2D eigenvalue weighted by Crippen LogP contribution is -2.41. The minimum atomic E-state index is 0.100. The molecule has 1 aromatic heterocycles. The van der Waals surface area contributed by atoms with Gasteiger partial charge in [0, 0.05) is 25.6 Å². The third-order valence-corrected chi connectivity index (χ3v) is 5.80. The van der Waals surface area contributed by atoms with Crippen molar-refractivity contribution in [1.29, 1.82) is 0 Å². The van der Waals surface area contributed by atoms with E-state index in [0.29, 0.717) is 5.75 Å². The number of imidazole rings is 1. The second-order valence-electron chi connectivity index (χ2n) is 7.59. The second kappa shape index (κ2) is 7.12. The van der Waals surface area contributed by atoms with Gasteiger partial charge in [-0.15, -0.1) is 0 Å². The van der Waals surface area contributed by atoms with Crippen molar-refractivity contribution in [1.82, 2.24) is 14.9 Å². The Morgan fingerprint density at radius 3 is 2.50 bits per heavy atom. The summed E-state index contributed by atoms with van der Waals surface area (Å²) in [6.45, 7) is 1.75. The Labute approximate surface area is 154 Å². The van der Waals surface area contributed by atoms with Crippen LogP contribution in [0, 0.1) is 0 Å². The fraction of sp³-hybridized carbons (Fsp3) is 0.409. The van der Waals surface area contributed by atoms with Crippen molar-refractivity contribution >= 4 is 11.0 Å². The summed E-state index contributed by atoms with van der Waals surface area (Å²) < 4.78 is 2.29. The summed E-state index contributed by atoms with van der Waals surface area (Å²) in [7, 11) is 2.15. The Hall–Kier alpha value is -2.33. The van der Waals surface area contributed by atoms with Crippen molar-refractivity contribution in [2.45, 2.75) is 44.1 Å². The van der Waals surface area contributed by atoms with Crippen LogP contribution in [0.2, 0.25) is 0 Å². The smallest absolute Gasteiger partial charge is 0.117 e. The number of hydrogen-bond donors (Lipinski definition) is 2. The van der Waals surface area contributed by atoms with Crippen LogP contribution >= 0.6 is 0 Å². The molecule has 0 atom stereocenters. The number of phenolic OH excluding ortho intramolecular Hbond substituents is 1. The van der Waals surface area contributed by atoms with Gasteiger partial charge in [0.15, 0.2) is 0 Å². The van der Waals surface area contributed by atoms with Crippen molar-refractivity contribution in [2.24, 2.45) is 7.05 Å². The molecule has 1 aliphatic rings. The number of phenols is 1. The summed E-state index contributed by atoms with van der Waals surface area (Å²) in [5, 5.41) is 13.1. The van der Waals surface area contributed by atoms with Crippen LogP contribution in [0.25, 0.3) is 11.0 Å². The minimum Gasteiger partial charge on any atom is -0.508 e. The van der Waals surface area contributed by atoms with Crippen molar-refractivity contribution < 1.29 is 5.11 Å². The molecule has 0 unspecified atom stereocenters. The molecule has 1 heterocycles. The van der Waals surface area contributed by atoms with E-state index < -0.39 is 0 Å². The van der Waals surface area contributed by atoms with Gasteiger partial charge in [-0.1, -0.05) is 43.5 Å². The van der Waals surface area contributed by atoms with E-state index in [1.807, 2.05) is 12.1 Å². The fourth-order valence-corrected chi connectivity index (χ4v) is 4.39. The number of benzene rings is 2. The van der Waals surface area contributed by atoms with Gasteiger partial charge in [-0.2, -0.15) is 0 Å². The molecule has 26 heavy (non-hydrogen) atoms. The van der Waals surface area contributed by atoms with Crippen LogP contribution in [0.1, 0.15) is 43.5 Å². The standard InChI is InChI=1S/C22H27N3O/c1-25-20-8-4-3-7-19(20)24-21(25)22(13-5-2-6-14-22)16-23-15-17-9-11-18(26)12-10-17/h3-4,7-12,23,26H,2,5-6,13-16H2,1H3. The minimum absolute atomic E-state index is 0.100. The summed E-state index contributed by atoms with van der Waals surface area (Å²) >= 11 is 0. The predicted octanol–water partition coefficient (Wildman–Crippen LogP) is 4.27. The highest BCUT2D eigenvalue weighted by Gasteiger charge is 2.37. The molecule has 0 spiro atoms. The van der Waals surface area contributed by atoms with Gasteiger partial charge in [0.2, 0.25) is 0 Å². The lowest BCUT2D eigenvalue weighted by Gasteiger charge is -2.37. The molecule has 0 bridgehead atoms. The molecular weight excluding hydrogens is 322 g/mol. The monoisotopic (exact) mass is 349 g/mol. The Morgan fingerprint density at radius 2 is 1.77 bits per heavy atom. The van der Waals surface area contributed by atoms with Crippen LogP contribution in [0.4, 0.5) is 0 Å². The van der Waals surface area contributed by atoms with Crippen molar-refractivity contribution in [3.63, 3.8) is 0 Å². The van der Waals surface area contributed by atoms with Gasteiger partial charge in [0.05, 0.1) is 11.0 Å². The zero-order valence-electron chi connectivity index (χ0n) is 15.4. The van der Waals surface area contributed by atoms with Gasteiger partial charge in [-0.3, -0.25) is 0 Å². The van der Waals surface area contributed by atoms with Crippen molar-refractivity contribution in [3.8, 4) is 5.75 Å². The molecule has 0 radical (unpaired) electrons. The average molecular weight is 349 g/mol. The lowest BCUT2D eigenvalue weighted by atomic mass is 9.73. The van der Waals surface area contributed by atoms with Gasteiger partial charge < -0.3 is 15.0 Å². The second-order valence-corrected chi connectivity index (χ2v) is 7.59. The average Bonchev–Trinajstić information content (AvgIpc) is 3.02. The van der Waals surface area contributed by atoms with E-state index in [2.05, 4.69) is 41.2 Å². The number of aromatic hydroxyl groups is 1.